The number of rotatable bonds is 2. The normalized spacial score (nSPS) is 9.88. The monoisotopic (exact) mass is 324 g/mol. The minimum Gasteiger partial charge on any atom is -0.372 e. The number of amides is 1. The molecule has 1 rings (SSSR count). The number of nitrogens with zero attached hydrogens (tertiary/aromatic N) is 1. The van der Waals surface area contributed by atoms with Gasteiger partial charge in [-0.25, -0.2) is 0 Å². The molecule has 1 aromatic carbocycles. The van der Waals surface area contributed by atoms with E-state index in [4.69, 9.17) is 4.79 Å². The summed E-state index contributed by atoms with van der Waals surface area (Å²) in [7, 11) is 0. The number of aryl methyl sites for hydroxylation is 2. The summed E-state index contributed by atoms with van der Waals surface area (Å²) >= 11 is 0. The van der Waals surface area contributed by atoms with Gasteiger partial charge in [-0.15, -0.1) is 6.58 Å². The molecule has 24 heavy (non-hydrogen) atoms. The topological polar surface area (TPSA) is 55.4 Å². The molecule has 0 saturated carbocycles. The highest BCUT2D eigenvalue weighted by Crippen LogP contribution is 2.09. The molecule has 0 bridgehead atoms. The molecule has 1 aromatic rings. The van der Waals surface area contributed by atoms with Gasteiger partial charge in [0.2, 0.25) is 6.41 Å². The van der Waals surface area contributed by atoms with Crippen LogP contribution in [-0.4, -0.2) is 12.1 Å². The van der Waals surface area contributed by atoms with Gasteiger partial charge in [-0.1, -0.05) is 36.6 Å². The second-order valence-electron chi connectivity index (χ2n) is 4.90. The summed E-state index contributed by atoms with van der Waals surface area (Å²) in [6, 6.07) is 6.30. The molecule has 0 aromatic heterocycles. The van der Waals surface area contributed by atoms with Crippen molar-refractivity contribution >= 4 is 12.1 Å². The van der Waals surface area contributed by atoms with Crippen LogP contribution in [0.15, 0.2) is 60.3 Å². The lowest BCUT2D eigenvalue weighted by atomic mass is 10.1. The van der Waals surface area contributed by atoms with Crippen LogP contribution in [0.2, 0.25) is 0 Å². The molecular weight excluding hydrogens is 296 g/mol. The second-order valence-corrected chi connectivity index (χ2v) is 4.90. The molecule has 0 radical (unpaired) electrons. The van der Waals surface area contributed by atoms with Crippen LogP contribution >= 0.6 is 0 Å². The van der Waals surface area contributed by atoms with Crippen LogP contribution < -0.4 is 5.73 Å². The zero-order valence-electron chi connectivity index (χ0n) is 15.4. The van der Waals surface area contributed by atoms with Crippen LogP contribution in [0.5, 0.6) is 0 Å². The molecular formula is C21H28N2O. The van der Waals surface area contributed by atoms with Gasteiger partial charge in [0, 0.05) is 23.0 Å². The van der Waals surface area contributed by atoms with Gasteiger partial charge in [-0.2, -0.15) is 0 Å². The van der Waals surface area contributed by atoms with E-state index in [0.29, 0.717) is 0 Å². The Morgan fingerprint density at radius 2 is 1.79 bits per heavy atom. The third kappa shape index (κ3) is 12.8. The van der Waals surface area contributed by atoms with Crippen LogP contribution in [0.3, 0.4) is 0 Å². The summed E-state index contributed by atoms with van der Waals surface area (Å²) in [6.45, 7) is 16.9. The number of primary amides is 1. The highest BCUT2D eigenvalue weighted by molar-refractivity contribution is 5.92. The molecule has 0 fully saturated rings. The van der Waals surface area contributed by atoms with Crippen LogP contribution in [0, 0.1) is 25.7 Å². The standard InChI is InChI=1S/C17H19N.C3H6.CH3NO/c1-6-16(5)18-12-14(3)8-10-17-11-13(2)7-9-15(17)4;1-3-2;2-1-3/h6-7,9,11-12H,1H2,2-5H3;3H,1H2,2H3;1H,(H2,2,3)/b14-12+,18-16?;;. The number of allylic oxidation sites excluding steroid dienone is 3. The van der Waals surface area contributed by atoms with Gasteiger partial charge in [0.25, 0.3) is 0 Å². The molecule has 0 atom stereocenters. The molecule has 2 N–H and O–H groups in total. The lowest BCUT2D eigenvalue weighted by Gasteiger charge is -1.98. The van der Waals surface area contributed by atoms with E-state index in [1.807, 2.05) is 20.8 Å². The third-order valence-electron chi connectivity index (χ3n) is 2.54. The zero-order chi connectivity index (χ0) is 19.0. The number of hydrogen-bond acceptors (Lipinski definition) is 2. The van der Waals surface area contributed by atoms with Gasteiger partial charge in [-0.3, -0.25) is 9.79 Å². The van der Waals surface area contributed by atoms with E-state index >= 15 is 0 Å². The highest BCUT2D eigenvalue weighted by Gasteiger charge is 1.93. The van der Waals surface area contributed by atoms with Gasteiger partial charge < -0.3 is 5.73 Å². The fourth-order valence-corrected chi connectivity index (χ4v) is 1.32. The lowest BCUT2D eigenvalue weighted by molar-refractivity contribution is -0.106. The number of carbonyl (C=O) groups is 1. The quantitative estimate of drug-likeness (QED) is 0.370. The molecule has 0 spiro atoms. The van der Waals surface area contributed by atoms with Crippen molar-refractivity contribution in [1.29, 1.82) is 0 Å². The minimum atomic E-state index is 0.250. The first-order valence-electron chi connectivity index (χ1n) is 7.51. The van der Waals surface area contributed by atoms with Crippen LogP contribution in [-0.2, 0) is 4.79 Å². The molecule has 0 aliphatic rings. The molecule has 1 amide bonds. The molecule has 3 heteroatoms. The molecule has 3 nitrogen and oxygen atoms in total. The summed E-state index contributed by atoms with van der Waals surface area (Å²) in [6.07, 6.45) is 5.50. The maximum absolute atomic E-state index is 8.58. The summed E-state index contributed by atoms with van der Waals surface area (Å²) in [5, 5.41) is 0. The predicted molar refractivity (Wildman–Crippen MR) is 106 cm³/mol. The van der Waals surface area contributed by atoms with Crippen molar-refractivity contribution in [2.45, 2.75) is 34.6 Å². The maximum Gasteiger partial charge on any atom is 0.204 e. The van der Waals surface area contributed by atoms with Gasteiger partial charge in [-0.05, 0) is 57.9 Å². The predicted octanol–water partition coefficient (Wildman–Crippen LogP) is 4.50. The molecule has 0 aliphatic carbocycles. The van der Waals surface area contributed by atoms with Crippen molar-refractivity contribution in [3.05, 3.63) is 72.0 Å². The number of benzene rings is 1. The first-order valence-corrected chi connectivity index (χ1v) is 7.51. The largest absolute Gasteiger partial charge is 0.372 e. The van der Waals surface area contributed by atoms with Crippen molar-refractivity contribution in [2.24, 2.45) is 10.7 Å². The number of hydrogen-bond donors (Lipinski definition) is 1. The first-order chi connectivity index (χ1) is 11.4. The Kier molecular flexibility index (Phi) is 14.7. The molecule has 0 unspecified atom stereocenters. The molecule has 128 valence electrons. The number of carbonyl (C=O) groups excluding carboxylic acids is 1. The summed E-state index contributed by atoms with van der Waals surface area (Å²) in [4.78, 5) is 12.8. The lowest BCUT2D eigenvalue weighted by Crippen LogP contribution is -1.84. The van der Waals surface area contributed by atoms with Crippen molar-refractivity contribution < 1.29 is 4.79 Å². The van der Waals surface area contributed by atoms with Crippen molar-refractivity contribution in [3.8, 4) is 11.8 Å². The Bertz CT molecular complexity index is 650. The number of nitrogens with two attached hydrogens (primary N) is 1. The molecule has 0 saturated heterocycles. The summed E-state index contributed by atoms with van der Waals surface area (Å²) < 4.78 is 0. The van der Waals surface area contributed by atoms with Gasteiger partial charge in [0.15, 0.2) is 0 Å². The average molecular weight is 324 g/mol. The first kappa shape index (κ1) is 23.4. The number of aliphatic imine (C=N–C) groups is 1. The Morgan fingerprint density at radius 1 is 1.25 bits per heavy atom. The Morgan fingerprint density at radius 3 is 2.29 bits per heavy atom. The SMILES string of the molecule is C=CC.C=CC(C)=N/C=C(\C)C#Cc1cc(C)ccc1C.NC=O. The maximum atomic E-state index is 8.58. The van der Waals surface area contributed by atoms with Crippen molar-refractivity contribution in [1.82, 2.24) is 0 Å². The van der Waals surface area contributed by atoms with Crippen LogP contribution in [0.4, 0.5) is 0 Å². The van der Waals surface area contributed by atoms with E-state index in [0.717, 1.165) is 16.8 Å². The zero-order valence-corrected chi connectivity index (χ0v) is 15.4. The summed E-state index contributed by atoms with van der Waals surface area (Å²) in [5.41, 5.74) is 9.51. The van der Waals surface area contributed by atoms with Gasteiger partial charge >= 0.3 is 0 Å². The van der Waals surface area contributed by atoms with E-state index in [9.17, 15) is 0 Å². The minimum absolute atomic E-state index is 0.250. The highest BCUT2D eigenvalue weighted by atomic mass is 16.1. The fraction of sp³-hybridized carbons (Fsp3) is 0.238. The van der Waals surface area contributed by atoms with E-state index in [1.54, 1.807) is 18.4 Å². The molecule has 0 heterocycles. The van der Waals surface area contributed by atoms with Crippen LogP contribution in [0.1, 0.15) is 37.5 Å². The van der Waals surface area contributed by atoms with E-state index in [-0.39, 0.29) is 6.41 Å². The van der Waals surface area contributed by atoms with E-state index in [2.05, 4.69) is 67.8 Å². The molecule has 0 aliphatic heterocycles. The van der Waals surface area contributed by atoms with E-state index in [1.165, 1.54) is 11.1 Å². The fourth-order valence-electron chi connectivity index (χ4n) is 1.32. The third-order valence-corrected chi connectivity index (χ3v) is 2.54. The Hall–Kier alpha value is -2.86. The Labute approximate surface area is 146 Å². The van der Waals surface area contributed by atoms with Gasteiger partial charge in [0.1, 0.15) is 0 Å². The van der Waals surface area contributed by atoms with Crippen molar-refractivity contribution in [2.75, 3.05) is 0 Å². The van der Waals surface area contributed by atoms with Crippen LogP contribution in [0.25, 0.3) is 0 Å². The van der Waals surface area contributed by atoms with Crippen molar-refractivity contribution in [3.63, 3.8) is 0 Å². The Balaban J connectivity index is 0. The second kappa shape index (κ2) is 15.1. The van der Waals surface area contributed by atoms with Gasteiger partial charge in [0.05, 0.1) is 0 Å². The van der Waals surface area contributed by atoms with E-state index < -0.39 is 0 Å². The smallest absolute Gasteiger partial charge is 0.204 e. The summed E-state index contributed by atoms with van der Waals surface area (Å²) in [5.74, 6) is 6.30. The average Bonchev–Trinajstić information content (AvgIpc) is 2.55.